The van der Waals surface area contributed by atoms with Gasteiger partial charge >= 0.3 is 0 Å². The van der Waals surface area contributed by atoms with Gasteiger partial charge in [-0.05, 0) is 12.8 Å². The number of nitrogens with zero attached hydrogens (tertiary/aromatic N) is 2. The molecule has 1 heterocycles. The molecule has 1 amide bonds. The zero-order chi connectivity index (χ0) is 17.0. The molecule has 6 heteroatoms. The largest absolute Gasteiger partial charge is 0.388 e. The first-order valence-electron chi connectivity index (χ1n) is 8.26. The Morgan fingerprint density at radius 1 is 1.21 bits per heavy atom. The molecule has 126 valence electrons. The van der Waals surface area contributed by atoms with Gasteiger partial charge in [-0.15, -0.1) is 0 Å². The molecule has 3 rings (SSSR count). The lowest BCUT2D eigenvalue weighted by Gasteiger charge is -2.32. The molecule has 1 fully saturated rings. The number of nitrogens with two attached hydrogens (primary N) is 1. The van der Waals surface area contributed by atoms with Crippen molar-refractivity contribution in [1.29, 1.82) is 0 Å². The SMILES string of the molecule is Nc1ncc(-c2ccccc2)nc1C(=O)NCC1(O)CCCCC1. The molecule has 4 N–H and O–H groups in total. The second-order valence-corrected chi connectivity index (χ2v) is 6.32. The Balaban J connectivity index is 1.74. The Morgan fingerprint density at radius 2 is 1.92 bits per heavy atom. The lowest BCUT2D eigenvalue weighted by atomic mass is 9.85. The average Bonchev–Trinajstić information content (AvgIpc) is 2.61. The van der Waals surface area contributed by atoms with E-state index in [1.165, 1.54) is 0 Å². The minimum Gasteiger partial charge on any atom is -0.388 e. The smallest absolute Gasteiger partial charge is 0.273 e. The van der Waals surface area contributed by atoms with Crippen LogP contribution in [-0.2, 0) is 0 Å². The fraction of sp³-hybridized carbons (Fsp3) is 0.389. The van der Waals surface area contributed by atoms with E-state index in [1.54, 1.807) is 6.20 Å². The van der Waals surface area contributed by atoms with Crippen molar-refractivity contribution in [1.82, 2.24) is 15.3 Å². The van der Waals surface area contributed by atoms with Crippen LogP contribution in [-0.4, -0.2) is 33.1 Å². The fourth-order valence-corrected chi connectivity index (χ4v) is 3.03. The number of aliphatic hydroxyl groups is 1. The number of rotatable bonds is 4. The molecule has 6 nitrogen and oxygen atoms in total. The Morgan fingerprint density at radius 3 is 2.62 bits per heavy atom. The molecule has 0 saturated heterocycles. The number of carbonyl (C=O) groups excluding carboxylic acids is 1. The van der Waals surface area contributed by atoms with Crippen molar-refractivity contribution in [3.8, 4) is 11.3 Å². The van der Waals surface area contributed by atoms with E-state index in [-0.39, 0.29) is 18.1 Å². The monoisotopic (exact) mass is 326 g/mol. The first-order valence-corrected chi connectivity index (χ1v) is 8.26. The van der Waals surface area contributed by atoms with Gasteiger partial charge in [-0.3, -0.25) is 4.79 Å². The molecule has 0 unspecified atom stereocenters. The van der Waals surface area contributed by atoms with Gasteiger partial charge in [0.2, 0.25) is 0 Å². The highest BCUT2D eigenvalue weighted by Gasteiger charge is 2.30. The Hall–Kier alpha value is -2.47. The average molecular weight is 326 g/mol. The van der Waals surface area contributed by atoms with E-state index < -0.39 is 11.5 Å². The molecule has 0 atom stereocenters. The van der Waals surface area contributed by atoms with Crippen molar-refractivity contribution < 1.29 is 9.90 Å². The number of anilines is 1. The van der Waals surface area contributed by atoms with E-state index in [2.05, 4.69) is 15.3 Å². The number of benzene rings is 1. The van der Waals surface area contributed by atoms with Crippen LogP contribution >= 0.6 is 0 Å². The Kier molecular flexibility index (Phi) is 4.76. The number of hydrogen-bond acceptors (Lipinski definition) is 5. The van der Waals surface area contributed by atoms with E-state index in [0.717, 1.165) is 24.8 Å². The molecule has 24 heavy (non-hydrogen) atoms. The second kappa shape index (κ2) is 6.97. The molecule has 1 aliphatic carbocycles. The summed E-state index contributed by atoms with van der Waals surface area (Å²) in [5.41, 5.74) is 6.54. The van der Waals surface area contributed by atoms with E-state index in [4.69, 9.17) is 5.73 Å². The van der Waals surface area contributed by atoms with E-state index in [1.807, 2.05) is 30.3 Å². The summed E-state index contributed by atoms with van der Waals surface area (Å²) in [6.07, 6.45) is 6.07. The standard InChI is InChI=1S/C18H22N4O2/c19-16-15(17(23)21-12-18(24)9-5-2-6-10-18)22-14(11-20-16)13-7-3-1-4-8-13/h1,3-4,7-8,11,24H,2,5-6,9-10,12H2,(H2,19,20)(H,21,23). The van der Waals surface area contributed by atoms with Crippen LogP contribution in [0.4, 0.5) is 5.82 Å². The third-order valence-electron chi connectivity index (χ3n) is 4.45. The predicted octanol–water partition coefficient (Wildman–Crippen LogP) is 2.15. The van der Waals surface area contributed by atoms with E-state index in [0.29, 0.717) is 18.5 Å². The fourth-order valence-electron chi connectivity index (χ4n) is 3.03. The summed E-state index contributed by atoms with van der Waals surface area (Å²) in [5, 5.41) is 13.2. The number of aromatic nitrogens is 2. The Labute approximate surface area is 141 Å². The van der Waals surface area contributed by atoms with Crippen LogP contribution in [0.1, 0.15) is 42.6 Å². The zero-order valence-corrected chi connectivity index (χ0v) is 13.5. The van der Waals surface area contributed by atoms with E-state index in [9.17, 15) is 9.90 Å². The molecule has 0 bridgehead atoms. The maximum Gasteiger partial charge on any atom is 0.273 e. The third-order valence-corrected chi connectivity index (χ3v) is 4.45. The summed E-state index contributed by atoms with van der Waals surface area (Å²) >= 11 is 0. The molecular formula is C18H22N4O2. The molecule has 0 aliphatic heterocycles. The van der Waals surface area contributed by atoms with Crippen molar-refractivity contribution in [2.24, 2.45) is 0 Å². The van der Waals surface area contributed by atoms with Gasteiger partial charge in [-0.25, -0.2) is 9.97 Å². The number of hydrogen-bond donors (Lipinski definition) is 3. The Bertz CT molecular complexity index is 712. The number of amides is 1. The number of nitrogens with one attached hydrogen (secondary N) is 1. The highest BCUT2D eigenvalue weighted by molar-refractivity contribution is 5.96. The molecule has 1 aliphatic rings. The highest BCUT2D eigenvalue weighted by Crippen LogP contribution is 2.27. The maximum atomic E-state index is 12.4. The van der Waals surface area contributed by atoms with Gasteiger partial charge in [0.15, 0.2) is 11.5 Å². The number of carbonyl (C=O) groups is 1. The molecule has 1 saturated carbocycles. The van der Waals surface area contributed by atoms with Crippen LogP contribution in [0.15, 0.2) is 36.5 Å². The lowest BCUT2D eigenvalue weighted by Crippen LogP contribution is -2.44. The van der Waals surface area contributed by atoms with Gasteiger partial charge < -0.3 is 16.2 Å². The van der Waals surface area contributed by atoms with Crippen molar-refractivity contribution >= 4 is 11.7 Å². The van der Waals surface area contributed by atoms with Gasteiger partial charge in [0.1, 0.15) is 0 Å². The maximum absolute atomic E-state index is 12.4. The summed E-state index contributed by atoms with van der Waals surface area (Å²) in [7, 11) is 0. The van der Waals surface area contributed by atoms with Crippen LogP contribution < -0.4 is 11.1 Å². The van der Waals surface area contributed by atoms with Crippen LogP contribution in [0, 0.1) is 0 Å². The molecule has 0 radical (unpaired) electrons. The molecule has 1 aromatic carbocycles. The topological polar surface area (TPSA) is 101 Å². The normalized spacial score (nSPS) is 16.5. The first kappa shape index (κ1) is 16.4. The van der Waals surface area contributed by atoms with Gasteiger partial charge in [-0.1, -0.05) is 49.6 Å². The lowest BCUT2D eigenvalue weighted by molar-refractivity contribution is 0.00521. The van der Waals surface area contributed by atoms with Gasteiger partial charge in [0.05, 0.1) is 17.5 Å². The first-order chi connectivity index (χ1) is 11.6. The van der Waals surface area contributed by atoms with Crippen molar-refractivity contribution in [3.63, 3.8) is 0 Å². The van der Waals surface area contributed by atoms with Gasteiger partial charge in [0.25, 0.3) is 5.91 Å². The summed E-state index contributed by atoms with van der Waals surface area (Å²) < 4.78 is 0. The molecule has 1 aromatic heterocycles. The minimum absolute atomic E-state index is 0.0859. The zero-order valence-electron chi connectivity index (χ0n) is 13.5. The third kappa shape index (κ3) is 3.71. The van der Waals surface area contributed by atoms with Crippen LogP contribution in [0.3, 0.4) is 0 Å². The van der Waals surface area contributed by atoms with Crippen molar-refractivity contribution in [3.05, 3.63) is 42.2 Å². The summed E-state index contributed by atoms with van der Waals surface area (Å²) in [6.45, 7) is 0.211. The van der Waals surface area contributed by atoms with Crippen LogP contribution in [0.2, 0.25) is 0 Å². The highest BCUT2D eigenvalue weighted by atomic mass is 16.3. The van der Waals surface area contributed by atoms with Crippen LogP contribution in [0.25, 0.3) is 11.3 Å². The minimum atomic E-state index is -0.826. The second-order valence-electron chi connectivity index (χ2n) is 6.32. The van der Waals surface area contributed by atoms with Crippen LogP contribution in [0.5, 0.6) is 0 Å². The predicted molar refractivity (Wildman–Crippen MR) is 92.2 cm³/mol. The molecule has 2 aromatic rings. The van der Waals surface area contributed by atoms with Crippen molar-refractivity contribution in [2.75, 3.05) is 12.3 Å². The molecular weight excluding hydrogens is 304 g/mol. The number of nitrogen functional groups attached to an aromatic ring is 1. The van der Waals surface area contributed by atoms with Crippen molar-refractivity contribution in [2.45, 2.75) is 37.7 Å². The van der Waals surface area contributed by atoms with Gasteiger partial charge in [0, 0.05) is 12.1 Å². The van der Waals surface area contributed by atoms with Gasteiger partial charge in [-0.2, -0.15) is 0 Å². The summed E-state index contributed by atoms with van der Waals surface area (Å²) in [4.78, 5) is 20.9. The van der Waals surface area contributed by atoms with E-state index >= 15 is 0 Å². The quantitative estimate of drug-likeness (QED) is 0.799. The summed E-state index contributed by atoms with van der Waals surface area (Å²) in [5.74, 6) is -0.320. The summed E-state index contributed by atoms with van der Waals surface area (Å²) in [6, 6.07) is 9.49. The molecule has 0 spiro atoms.